The molecule has 0 bridgehead atoms. The number of ether oxygens (including phenoxy) is 1. The molecule has 0 saturated carbocycles. The van der Waals surface area contributed by atoms with Crippen LogP contribution in [0, 0.1) is 0 Å². The Morgan fingerprint density at radius 2 is 2.15 bits per heavy atom. The molecule has 0 atom stereocenters. The fraction of sp³-hybridized carbons (Fsp3) is 0.889. The van der Waals surface area contributed by atoms with Gasteiger partial charge < -0.3 is 10.1 Å². The van der Waals surface area contributed by atoms with Crippen LogP contribution in [0.25, 0.3) is 0 Å². The van der Waals surface area contributed by atoms with Crippen LogP contribution in [0.15, 0.2) is 0 Å². The number of carbonyl (C=O) groups is 1. The van der Waals surface area contributed by atoms with Crippen molar-refractivity contribution < 1.29 is 9.53 Å². The van der Waals surface area contributed by atoms with Gasteiger partial charge in [-0.2, -0.15) is 12.6 Å². The predicted octanol–water partition coefficient (Wildman–Crippen LogP) is 1.24. The van der Waals surface area contributed by atoms with Crippen molar-refractivity contribution in [2.24, 2.45) is 0 Å². The molecule has 13 heavy (non-hydrogen) atoms. The highest BCUT2D eigenvalue weighted by Gasteiger charge is 1.96. The monoisotopic (exact) mass is 205 g/mol. The van der Waals surface area contributed by atoms with Gasteiger partial charge in [-0.3, -0.25) is 4.79 Å². The molecule has 0 aromatic rings. The average molecular weight is 205 g/mol. The smallest absolute Gasteiger partial charge is 0.229 e. The van der Waals surface area contributed by atoms with Crippen molar-refractivity contribution in [3.63, 3.8) is 0 Å². The van der Waals surface area contributed by atoms with Crippen molar-refractivity contribution in [1.82, 2.24) is 5.32 Å². The summed E-state index contributed by atoms with van der Waals surface area (Å²) in [6.45, 7) is 5.53. The molecule has 0 heterocycles. The van der Waals surface area contributed by atoms with Crippen LogP contribution in [0.2, 0.25) is 0 Å². The summed E-state index contributed by atoms with van der Waals surface area (Å²) in [4.78, 5) is 10.7. The lowest BCUT2D eigenvalue weighted by Crippen LogP contribution is -2.25. The van der Waals surface area contributed by atoms with Crippen LogP contribution in [0.3, 0.4) is 0 Å². The Balaban J connectivity index is 3.04. The second kappa shape index (κ2) is 8.38. The molecule has 0 radical (unpaired) electrons. The van der Waals surface area contributed by atoms with Crippen LogP contribution >= 0.6 is 12.6 Å². The van der Waals surface area contributed by atoms with Gasteiger partial charge in [0.15, 0.2) is 0 Å². The van der Waals surface area contributed by atoms with Gasteiger partial charge in [0.25, 0.3) is 0 Å². The van der Waals surface area contributed by atoms with Crippen LogP contribution in [0.1, 0.15) is 26.7 Å². The molecule has 0 aliphatic rings. The van der Waals surface area contributed by atoms with Crippen molar-refractivity contribution in [2.75, 3.05) is 18.9 Å². The Kier molecular flexibility index (Phi) is 8.24. The van der Waals surface area contributed by atoms with Gasteiger partial charge in [-0.05, 0) is 26.7 Å². The SMILES string of the molecule is CC(C)OCCCCNC(=O)CS. The summed E-state index contributed by atoms with van der Waals surface area (Å²) < 4.78 is 5.35. The van der Waals surface area contributed by atoms with E-state index in [4.69, 9.17) is 4.74 Å². The van der Waals surface area contributed by atoms with E-state index in [9.17, 15) is 4.79 Å². The quantitative estimate of drug-likeness (QED) is 0.485. The fourth-order valence-electron chi connectivity index (χ4n) is 0.830. The Labute approximate surface area is 85.6 Å². The van der Waals surface area contributed by atoms with E-state index in [1.165, 1.54) is 0 Å². The van der Waals surface area contributed by atoms with Crippen molar-refractivity contribution in [3.05, 3.63) is 0 Å². The van der Waals surface area contributed by atoms with Crippen LogP contribution < -0.4 is 5.32 Å². The second-order valence-corrected chi connectivity index (χ2v) is 3.45. The maximum Gasteiger partial charge on any atom is 0.229 e. The normalized spacial score (nSPS) is 10.5. The number of unbranched alkanes of at least 4 members (excludes halogenated alkanes) is 1. The van der Waals surface area contributed by atoms with Gasteiger partial charge in [0.05, 0.1) is 11.9 Å². The molecule has 4 heteroatoms. The lowest BCUT2D eigenvalue weighted by atomic mass is 10.3. The van der Waals surface area contributed by atoms with E-state index in [2.05, 4.69) is 17.9 Å². The van der Waals surface area contributed by atoms with Gasteiger partial charge in [-0.25, -0.2) is 0 Å². The van der Waals surface area contributed by atoms with Gasteiger partial charge in [0.2, 0.25) is 5.91 Å². The minimum Gasteiger partial charge on any atom is -0.379 e. The van der Waals surface area contributed by atoms with Crippen LogP contribution in [-0.4, -0.2) is 30.9 Å². The molecular weight excluding hydrogens is 186 g/mol. The van der Waals surface area contributed by atoms with E-state index >= 15 is 0 Å². The maximum absolute atomic E-state index is 10.7. The molecule has 1 amide bonds. The number of hydrogen-bond donors (Lipinski definition) is 2. The minimum atomic E-state index is -0.00638. The lowest BCUT2D eigenvalue weighted by Gasteiger charge is -2.07. The number of rotatable bonds is 7. The topological polar surface area (TPSA) is 38.3 Å². The Bertz CT molecular complexity index is 140. The number of nitrogens with one attached hydrogen (secondary N) is 1. The molecule has 0 rings (SSSR count). The minimum absolute atomic E-state index is 0.00638. The molecule has 0 aliphatic carbocycles. The molecule has 0 aromatic heterocycles. The number of amides is 1. The molecule has 3 nitrogen and oxygen atoms in total. The van der Waals surface area contributed by atoms with Gasteiger partial charge in [-0.15, -0.1) is 0 Å². The van der Waals surface area contributed by atoms with E-state index in [1.54, 1.807) is 0 Å². The summed E-state index contributed by atoms with van der Waals surface area (Å²) >= 11 is 3.85. The average Bonchev–Trinajstić information content (AvgIpc) is 2.10. The highest BCUT2D eigenvalue weighted by Crippen LogP contribution is 1.93. The zero-order chi connectivity index (χ0) is 10.1. The molecule has 0 aromatic carbocycles. The van der Waals surface area contributed by atoms with Gasteiger partial charge in [0.1, 0.15) is 0 Å². The first-order chi connectivity index (χ1) is 6.16. The van der Waals surface area contributed by atoms with Crippen molar-refractivity contribution in [3.8, 4) is 0 Å². The zero-order valence-electron chi connectivity index (χ0n) is 8.38. The van der Waals surface area contributed by atoms with E-state index in [1.807, 2.05) is 13.8 Å². The van der Waals surface area contributed by atoms with E-state index in [-0.39, 0.29) is 11.7 Å². The predicted molar refractivity (Wildman–Crippen MR) is 57.2 cm³/mol. The summed E-state index contributed by atoms with van der Waals surface area (Å²) in [6.07, 6.45) is 2.25. The molecule has 1 N–H and O–H groups in total. The standard InChI is InChI=1S/C9H19NO2S/c1-8(2)12-6-4-3-5-10-9(11)7-13/h8,13H,3-7H2,1-2H3,(H,10,11). The van der Waals surface area contributed by atoms with Gasteiger partial charge >= 0.3 is 0 Å². The van der Waals surface area contributed by atoms with Crippen LogP contribution in [-0.2, 0) is 9.53 Å². The summed E-state index contributed by atoms with van der Waals surface area (Å²) in [7, 11) is 0. The van der Waals surface area contributed by atoms with Crippen LogP contribution in [0.4, 0.5) is 0 Å². The summed E-state index contributed by atoms with van der Waals surface area (Å²) in [5.41, 5.74) is 0. The largest absolute Gasteiger partial charge is 0.379 e. The van der Waals surface area contributed by atoms with Crippen molar-refractivity contribution >= 4 is 18.5 Å². The first-order valence-electron chi connectivity index (χ1n) is 4.66. The van der Waals surface area contributed by atoms with Crippen molar-refractivity contribution in [2.45, 2.75) is 32.8 Å². The van der Waals surface area contributed by atoms with Gasteiger partial charge in [-0.1, -0.05) is 0 Å². The number of hydrogen-bond acceptors (Lipinski definition) is 3. The number of thiol groups is 1. The first-order valence-corrected chi connectivity index (χ1v) is 5.29. The summed E-state index contributed by atoms with van der Waals surface area (Å²) in [5.74, 6) is 0.260. The molecular formula is C9H19NO2S. The number of carbonyl (C=O) groups excluding carboxylic acids is 1. The molecule has 78 valence electrons. The second-order valence-electron chi connectivity index (χ2n) is 3.13. The zero-order valence-corrected chi connectivity index (χ0v) is 9.27. The van der Waals surface area contributed by atoms with E-state index in [0.29, 0.717) is 6.10 Å². The van der Waals surface area contributed by atoms with Gasteiger partial charge in [0, 0.05) is 13.2 Å². The molecule has 0 spiro atoms. The van der Waals surface area contributed by atoms with E-state index < -0.39 is 0 Å². The highest BCUT2D eigenvalue weighted by molar-refractivity contribution is 7.81. The summed E-state index contributed by atoms with van der Waals surface area (Å²) in [5, 5.41) is 2.75. The van der Waals surface area contributed by atoms with E-state index in [0.717, 1.165) is 26.0 Å². The molecule has 0 saturated heterocycles. The first kappa shape index (κ1) is 12.8. The lowest BCUT2D eigenvalue weighted by molar-refractivity contribution is -0.118. The highest BCUT2D eigenvalue weighted by atomic mass is 32.1. The third-order valence-electron chi connectivity index (χ3n) is 1.49. The summed E-state index contributed by atoms with van der Waals surface area (Å²) in [6, 6.07) is 0. The fourth-order valence-corrected chi connectivity index (χ4v) is 0.942. The third kappa shape index (κ3) is 9.70. The molecule has 0 aliphatic heterocycles. The maximum atomic E-state index is 10.7. The Morgan fingerprint density at radius 1 is 1.46 bits per heavy atom. The molecule has 0 unspecified atom stereocenters. The molecule has 0 fully saturated rings. The third-order valence-corrected chi connectivity index (χ3v) is 1.78. The van der Waals surface area contributed by atoms with Crippen molar-refractivity contribution in [1.29, 1.82) is 0 Å². The Morgan fingerprint density at radius 3 is 2.69 bits per heavy atom. The van der Waals surface area contributed by atoms with Crippen LogP contribution in [0.5, 0.6) is 0 Å². The Hall–Kier alpha value is -0.220.